The van der Waals surface area contributed by atoms with E-state index in [1.165, 1.54) is 25.3 Å². The van der Waals surface area contributed by atoms with E-state index in [1.807, 2.05) is 6.92 Å². The largest absolute Gasteiger partial charge is 0.493 e. The maximum atomic E-state index is 13.1. The molecule has 0 bridgehead atoms. The maximum Gasteiger partial charge on any atom is 0.331 e. The molecule has 4 amide bonds. The lowest BCUT2D eigenvalue weighted by molar-refractivity contribution is -0.130. The van der Waals surface area contributed by atoms with Crippen LogP contribution in [0, 0.1) is 5.82 Å². The molecule has 8 nitrogen and oxygen atoms in total. The van der Waals surface area contributed by atoms with Crippen molar-refractivity contribution in [2.24, 2.45) is 0 Å². The van der Waals surface area contributed by atoms with Gasteiger partial charge in [0.2, 0.25) is 0 Å². The number of benzene rings is 3. The van der Waals surface area contributed by atoms with Gasteiger partial charge in [0, 0.05) is 0 Å². The second kappa shape index (κ2) is 12.1. The zero-order valence-corrected chi connectivity index (χ0v) is 21.0. The molecule has 9 heteroatoms. The van der Waals surface area contributed by atoms with Gasteiger partial charge in [0.25, 0.3) is 11.8 Å². The maximum absolute atomic E-state index is 13.1. The van der Waals surface area contributed by atoms with Gasteiger partial charge in [-0.15, -0.1) is 0 Å². The number of hydrogen-bond donors (Lipinski definition) is 1. The van der Waals surface area contributed by atoms with E-state index in [9.17, 15) is 18.8 Å². The summed E-state index contributed by atoms with van der Waals surface area (Å²) in [6.07, 6.45) is 2.26. The van der Waals surface area contributed by atoms with Gasteiger partial charge in [-0.25, -0.2) is 9.18 Å². The van der Waals surface area contributed by atoms with Gasteiger partial charge >= 0.3 is 6.03 Å². The standard InChI is InChI=1S/C29H27FN2O6/c1-3-14-37-25-13-8-21(16-26(25)36-2)17-32-28(34)24(27(33)31-29(32)35)15-19-6-11-23(12-7-19)38-18-20-4-9-22(30)10-5-20/h4-13,15-16H,3,14,17-18H2,1-2H3,(H,31,33,35)/b24-15+. The van der Waals surface area contributed by atoms with Crippen LogP contribution in [0.3, 0.4) is 0 Å². The minimum atomic E-state index is -0.799. The second-order valence-electron chi connectivity index (χ2n) is 8.53. The number of barbiturate groups is 1. The Morgan fingerprint density at radius 1 is 0.895 bits per heavy atom. The van der Waals surface area contributed by atoms with Crippen LogP contribution < -0.4 is 19.5 Å². The minimum Gasteiger partial charge on any atom is -0.493 e. The number of hydrogen-bond acceptors (Lipinski definition) is 6. The van der Waals surface area contributed by atoms with Crippen LogP contribution in [0.15, 0.2) is 72.3 Å². The van der Waals surface area contributed by atoms with Crippen molar-refractivity contribution in [1.82, 2.24) is 10.2 Å². The van der Waals surface area contributed by atoms with E-state index in [0.717, 1.165) is 16.9 Å². The van der Waals surface area contributed by atoms with Crippen molar-refractivity contribution in [3.05, 3.63) is 94.8 Å². The first kappa shape index (κ1) is 26.4. The molecule has 0 spiro atoms. The molecular weight excluding hydrogens is 491 g/mol. The van der Waals surface area contributed by atoms with Gasteiger partial charge in [-0.1, -0.05) is 37.3 Å². The van der Waals surface area contributed by atoms with E-state index < -0.39 is 17.8 Å². The summed E-state index contributed by atoms with van der Waals surface area (Å²) in [4.78, 5) is 39.1. The van der Waals surface area contributed by atoms with Gasteiger partial charge in [0.1, 0.15) is 23.7 Å². The Balaban J connectivity index is 1.46. The summed E-state index contributed by atoms with van der Waals surface area (Å²) in [7, 11) is 1.51. The third-order valence-electron chi connectivity index (χ3n) is 5.73. The fourth-order valence-electron chi connectivity index (χ4n) is 3.74. The number of methoxy groups -OCH3 is 1. The molecule has 0 aromatic heterocycles. The lowest BCUT2D eigenvalue weighted by Crippen LogP contribution is -2.53. The number of amides is 4. The highest BCUT2D eigenvalue weighted by Gasteiger charge is 2.35. The van der Waals surface area contributed by atoms with Crippen LogP contribution in [0.2, 0.25) is 0 Å². The molecule has 196 valence electrons. The molecule has 1 aliphatic heterocycles. The molecule has 3 aromatic carbocycles. The third-order valence-corrected chi connectivity index (χ3v) is 5.73. The first-order valence-corrected chi connectivity index (χ1v) is 12.0. The van der Waals surface area contributed by atoms with Crippen LogP contribution in [0.5, 0.6) is 17.2 Å². The minimum absolute atomic E-state index is 0.0597. The number of carbonyl (C=O) groups is 3. The first-order valence-electron chi connectivity index (χ1n) is 12.0. The van der Waals surface area contributed by atoms with Crippen LogP contribution in [-0.2, 0) is 22.7 Å². The van der Waals surface area contributed by atoms with Crippen molar-refractivity contribution in [2.75, 3.05) is 13.7 Å². The number of rotatable bonds is 10. The van der Waals surface area contributed by atoms with Crippen molar-refractivity contribution in [3.8, 4) is 17.2 Å². The normalized spacial score (nSPS) is 14.4. The number of halogens is 1. The highest BCUT2D eigenvalue weighted by molar-refractivity contribution is 6.30. The SMILES string of the molecule is CCCOc1ccc(CN2C(=O)NC(=O)/C(=C\c3ccc(OCc4ccc(F)cc4)cc3)C2=O)cc1OC. The Morgan fingerprint density at radius 2 is 1.61 bits per heavy atom. The number of imide groups is 2. The third kappa shape index (κ3) is 6.36. The Hall–Kier alpha value is -4.66. The topological polar surface area (TPSA) is 94.2 Å². The van der Waals surface area contributed by atoms with E-state index in [0.29, 0.717) is 35.0 Å². The van der Waals surface area contributed by atoms with Crippen LogP contribution in [0.25, 0.3) is 6.08 Å². The van der Waals surface area contributed by atoms with Gasteiger partial charge in [0.05, 0.1) is 20.3 Å². The average molecular weight is 519 g/mol. The van der Waals surface area contributed by atoms with Gasteiger partial charge in [0.15, 0.2) is 11.5 Å². The Labute approximate surface area is 219 Å². The molecule has 1 heterocycles. The molecule has 38 heavy (non-hydrogen) atoms. The average Bonchev–Trinajstić information content (AvgIpc) is 2.92. The number of carbonyl (C=O) groups excluding carboxylic acids is 3. The van der Waals surface area contributed by atoms with E-state index in [4.69, 9.17) is 14.2 Å². The Morgan fingerprint density at radius 3 is 2.29 bits per heavy atom. The van der Waals surface area contributed by atoms with Gasteiger partial charge in [-0.2, -0.15) is 0 Å². The molecule has 0 unspecified atom stereocenters. The molecule has 3 aromatic rings. The van der Waals surface area contributed by atoms with E-state index in [2.05, 4.69) is 5.32 Å². The van der Waals surface area contributed by atoms with Crippen LogP contribution in [-0.4, -0.2) is 36.5 Å². The van der Waals surface area contributed by atoms with Crippen molar-refractivity contribution < 1.29 is 33.0 Å². The highest BCUT2D eigenvalue weighted by atomic mass is 19.1. The first-order chi connectivity index (χ1) is 18.4. The summed E-state index contributed by atoms with van der Waals surface area (Å²) < 4.78 is 29.8. The van der Waals surface area contributed by atoms with Gasteiger partial charge in [-0.05, 0) is 65.6 Å². The van der Waals surface area contributed by atoms with Gasteiger partial charge in [-0.3, -0.25) is 19.8 Å². The molecule has 0 atom stereocenters. The molecular formula is C29H27FN2O6. The lowest BCUT2D eigenvalue weighted by Gasteiger charge is -2.26. The second-order valence-corrected chi connectivity index (χ2v) is 8.53. The van der Waals surface area contributed by atoms with E-state index in [-0.39, 0.29) is 24.5 Å². The van der Waals surface area contributed by atoms with Crippen LogP contribution in [0.4, 0.5) is 9.18 Å². The molecule has 0 saturated carbocycles. The van der Waals surface area contributed by atoms with Crippen LogP contribution in [0.1, 0.15) is 30.0 Å². The lowest BCUT2D eigenvalue weighted by atomic mass is 10.1. The summed E-state index contributed by atoms with van der Waals surface area (Å²) >= 11 is 0. The summed E-state index contributed by atoms with van der Waals surface area (Å²) in [6, 6.07) is 17.1. The summed E-state index contributed by atoms with van der Waals surface area (Å²) in [5, 5.41) is 2.22. The predicted octanol–water partition coefficient (Wildman–Crippen LogP) is 4.86. The van der Waals surface area contributed by atoms with Gasteiger partial charge < -0.3 is 14.2 Å². The van der Waals surface area contributed by atoms with Crippen molar-refractivity contribution in [1.29, 1.82) is 0 Å². The highest BCUT2D eigenvalue weighted by Crippen LogP contribution is 2.29. The fraction of sp³-hybridized carbons (Fsp3) is 0.207. The zero-order chi connectivity index (χ0) is 27.1. The van der Waals surface area contributed by atoms with E-state index in [1.54, 1.807) is 54.6 Å². The fourth-order valence-corrected chi connectivity index (χ4v) is 3.74. The smallest absolute Gasteiger partial charge is 0.331 e. The summed E-state index contributed by atoms with van der Waals surface area (Å²) in [6.45, 7) is 2.72. The summed E-state index contributed by atoms with van der Waals surface area (Å²) in [5.41, 5.74) is 1.85. The molecule has 1 N–H and O–H groups in total. The number of nitrogens with zero attached hydrogens (tertiary/aromatic N) is 1. The number of urea groups is 1. The number of ether oxygens (including phenoxy) is 3. The molecule has 1 fully saturated rings. The van der Waals surface area contributed by atoms with Crippen molar-refractivity contribution >= 4 is 23.9 Å². The van der Waals surface area contributed by atoms with Crippen molar-refractivity contribution in [2.45, 2.75) is 26.5 Å². The summed E-state index contributed by atoms with van der Waals surface area (Å²) in [5.74, 6) is -0.187. The van der Waals surface area contributed by atoms with Crippen molar-refractivity contribution in [3.63, 3.8) is 0 Å². The molecule has 4 rings (SSSR count). The molecule has 0 radical (unpaired) electrons. The molecule has 1 saturated heterocycles. The Kier molecular flexibility index (Phi) is 8.37. The predicted molar refractivity (Wildman–Crippen MR) is 138 cm³/mol. The molecule has 1 aliphatic rings. The monoisotopic (exact) mass is 518 g/mol. The number of nitrogens with one attached hydrogen (secondary N) is 1. The van der Waals surface area contributed by atoms with E-state index >= 15 is 0 Å². The quantitative estimate of drug-likeness (QED) is 0.304. The Bertz CT molecular complexity index is 1350. The molecule has 0 aliphatic carbocycles. The zero-order valence-electron chi connectivity index (χ0n) is 21.0. The van der Waals surface area contributed by atoms with Crippen LogP contribution >= 0.6 is 0 Å².